The molecule has 0 aliphatic heterocycles. The summed E-state index contributed by atoms with van der Waals surface area (Å²) in [5.74, 6) is 0. The third-order valence-corrected chi connectivity index (χ3v) is 1.80. The Bertz CT molecular complexity index is 139. The van der Waals surface area contributed by atoms with E-state index in [2.05, 4.69) is 5.32 Å². The molecule has 15 heavy (non-hydrogen) atoms. The van der Waals surface area contributed by atoms with Gasteiger partial charge in [-0.1, -0.05) is 6.92 Å². The van der Waals surface area contributed by atoms with Gasteiger partial charge in [-0.25, -0.2) is 0 Å². The molecular weight excluding hydrogens is 207 g/mol. The normalized spacial score (nSPS) is 12.0. The van der Waals surface area contributed by atoms with Crippen molar-refractivity contribution in [1.29, 1.82) is 0 Å². The van der Waals surface area contributed by atoms with E-state index >= 15 is 0 Å². The molecular formula is C10H20F3NO. The summed E-state index contributed by atoms with van der Waals surface area (Å²) in [7, 11) is 0. The van der Waals surface area contributed by atoms with Gasteiger partial charge in [0.2, 0.25) is 0 Å². The van der Waals surface area contributed by atoms with E-state index in [1.54, 1.807) is 0 Å². The van der Waals surface area contributed by atoms with Crippen molar-refractivity contribution in [1.82, 2.24) is 5.32 Å². The number of hydrogen-bond acceptors (Lipinski definition) is 2. The van der Waals surface area contributed by atoms with Gasteiger partial charge < -0.3 is 10.1 Å². The van der Waals surface area contributed by atoms with Gasteiger partial charge in [-0.3, -0.25) is 0 Å². The van der Waals surface area contributed by atoms with Gasteiger partial charge in [0.05, 0.1) is 0 Å². The highest BCUT2D eigenvalue weighted by Crippen LogP contribution is 2.20. The van der Waals surface area contributed by atoms with Gasteiger partial charge in [-0.15, -0.1) is 0 Å². The summed E-state index contributed by atoms with van der Waals surface area (Å²) in [6, 6.07) is 0. The maximum atomic E-state index is 11.7. The summed E-state index contributed by atoms with van der Waals surface area (Å²) in [6.07, 6.45) is -2.72. The molecule has 0 aliphatic carbocycles. The lowest BCUT2D eigenvalue weighted by Gasteiger charge is -2.07. The first-order valence-electron chi connectivity index (χ1n) is 5.41. The number of halogens is 3. The van der Waals surface area contributed by atoms with Gasteiger partial charge in [0.25, 0.3) is 0 Å². The highest BCUT2D eigenvalue weighted by molar-refractivity contribution is 4.54. The van der Waals surface area contributed by atoms with Crippen molar-refractivity contribution in [2.24, 2.45) is 0 Å². The smallest absolute Gasteiger partial charge is 0.381 e. The highest BCUT2D eigenvalue weighted by atomic mass is 19.4. The molecule has 0 aromatic carbocycles. The van der Waals surface area contributed by atoms with Crippen molar-refractivity contribution in [3.63, 3.8) is 0 Å². The van der Waals surface area contributed by atoms with Crippen LogP contribution in [0.25, 0.3) is 0 Å². The molecule has 0 heterocycles. The molecule has 0 aromatic heterocycles. The topological polar surface area (TPSA) is 21.3 Å². The molecule has 0 rings (SSSR count). The minimum atomic E-state index is -4.02. The molecule has 0 fully saturated rings. The van der Waals surface area contributed by atoms with Crippen LogP contribution < -0.4 is 5.32 Å². The van der Waals surface area contributed by atoms with Crippen molar-refractivity contribution in [2.45, 2.75) is 38.8 Å². The van der Waals surface area contributed by atoms with Crippen molar-refractivity contribution in [2.75, 3.05) is 26.3 Å². The summed E-state index contributed by atoms with van der Waals surface area (Å²) < 4.78 is 40.4. The van der Waals surface area contributed by atoms with Gasteiger partial charge >= 0.3 is 6.18 Å². The first-order chi connectivity index (χ1) is 7.06. The molecule has 0 aliphatic rings. The molecule has 92 valence electrons. The van der Waals surface area contributed by atoms with E-state index in [1.807, 2.05) is 6.92 Å². The zero-order valence-corrected chi connectivity index (χ0v) is 9.20. The summed E-state index contributed by atoms with van der Waals surface area (Å²) in [4.78, 5) is 0. The van der Waals surface area contributed by atoms with Crippen LogP contribution in [-0.2, 0) is 4.74 Å². The third-order valence-electron chi connectivity index (χ3n) is 1.80. The molecule has 0 bridgehead atoms. The van der Waals surface area contributed by atoms with E-state index in [4.69, 9.17) is 4.74 Å². The second kappa shape index (κ2) is 8.97. The number of ether oxygens (including phenoxy) is 1. The van der Waals surface area contributed by atoms with Crippen LogP contribution in [0, 0.1) is 0 Å². The van der Waals surface area contributed by atoms with Gasteiger partial charge in [0.15, 0.2) is 0 Å². The van der Waals surface area contributed by atoms with Gasteiger partial charge in [0.1, 0.15) is 0 Å². The molecule has 0 unspecified atom stereocenters. The SMILES string of the molecule is CCCOCCCNCCCC(F)(F)F. The fourth-order valence-corrected chi connectivity index (χ4v) is 1.08. The maximum Gasteiger partial charge on any atom is 0.389 e. The van der Waals surface area contributed by atoms with E-state index in [9.17, 15) is 13.2 Å². The Labute approximate surface area is 89.2 Å². The molecule has 1 N–H and O–H groups in total. The first-order valence-corrected chi connectivity index (χ1v) is 5.41. The average molecular weight is 227 g/mol. The Kier molecular flexibility index (Phi) is 8.80. The van der Waals surface area contributed by atoms with E-state index in [-0.39, 0.29) is 6.42 Å². The van der Waals surface area contributed by atoms with Crippen molar-refractivity contribution in [3.05, 3.63) is 0 Å². The minimum absolute atomic E-state index is 0.152. The van der Waals surface area contributed by atoms with Crippen LogP contribution in [0.3, 0.4) is 0 Å². The van der Waals surface area contributed by atoms with E-state index in [0.29, 0.717) is 13.2 Å². The standard InChI is InChI=1S/C10H20F3NO/c1-2-8-15-9-4-7-14-6-3-5-10(11,12)13/h14H,2-9H2,1H3. The van der Waals surface area contributed by atoms with Crippen molar-refractivity contribution >= 4 is 0 Å². The molecule has 0 saturated heterocycles. The van der Waals surface area contributed by atoms with Gasteiger partial charge in [0, 0.05) is 19.6 Å². The Morgan fingerprint density at radius 3 is 2.33 bits per heavy atom. The van der Waals surface area contributed by atoms with Crippen LogP contribution in [0.5, 0.6) is 0 Å². The number of hydrogen-bond donors (Lipinski definition) is 1. The summed E-state index contributed by atoms with van der Waals surface area (Å²) >= 11 is 0. The Morgan fingerprint density at radius 1 is 1.07 bits per heavy atom. The predicted molar refractivity (Wildman–Crippen MR) is 53.9 cm³/mol. The molecule has 0 aromatic rings. The molecule has 0 atom stereocenters. The highest BCUT2D eigenvalue weighted by Gasteiger charge is 2.25. The third kappa shape index (κ3) is 13.7. The zero-order chi connectivity index (χ0) is 11.6. The van der Waals surface area contributed by atoms with Crippen molar-refractivity contribution in [3.8, 4) is 0 Å². The fraction of sp³-hybridized carbons (Fsp3) is 1.00. The summed E-state index contributed by atoms with van der Waals surface area (Å²) in [6.45, 7) is 4.62. The van der Waals surface area contributed by atoms with Gasteiger partial charge in [-0.2, -0.15) is 13.2 Å². The van der Waals surface area contributed by atoms with Crippen LogP contribution in [-0.4, -0.2) is 32.5 Å². The number of rotatable bonds is 9. The first kappa shape index (κ1) is 14.7. The predicted octanol–water partition coefficient (Wildman–Crippen LogP) is 2.74. The lowest BCUT2D eigenvalue weighted by Crippen LogP contribution is -2.20. The maximum absolute atomic E-state index is 11.7. The lowest BCUT2D eigenvalue weighted by atomic mass is 10.3. The molecule has 0 spiro atoms. The molecule has 5 heteroatoms. The lowest BCUT2D eigenvalue weighted by molar-refractivity contribution is -0.135. The Morgan fingerprint density at radius 2 is 1.73 bits per heavy atom. The number of nitrogens with one attached hydrogen (secondary N) is 1. The van der Waals surface area contributed by atoms with Crippen LogP contribution >= 0.6 is 0 Å². The van der Waals surface area contributed by atoms with E-state index in [1.165, 1.54) is 0 Å². The van der Waals surface area contributed by atoms with E-state index < -0.39 is 12.6 Å². The Balaban J connectivity index is 2.99. The summed E-state index contributed by atoms with van der Waals surface area (Å²) in [5.41, 5.74) is 0. The molecule has 0 radical (unpaired) electrons. The van der Waals surface area contributed by atoms with Crippen molar-refractivity contribution < 1.29 is 17.9 Å². The largest absolute Gasteiger partial charge is 0.389 e. The zero-order valence-electron chi connectivity index (χ0n) is 9.20. The summed E-state index contributed by atoms with van der Waals surface area (Å²) in [5, 5.41) is 2.95. The van der Waals surface area contributed by atoms with Gasteiger partial charge in [-0.05, 0) is 32.4 Å². The van der Waals surface area contributed by atoms with Crippen LogP contribution in [0.1, 0.15) is 32.6 Å². The second-order valence-electron chi connectivity index (χ2n) is 3.43. The molecule has 0 saturated carbocycles. The number of alkyl halides is 3. The van der Waals surface area contributed by atoms with Crippen LogP contribution in [0.2, 0.25) is 0 Å². The quantitative estimate of drug-likeness (QED) is 0.611. The van der Waals surface area contributed by atoms with E-state index in [0.717, 1.165) is 26.0 Å². The second-order valence-corrected chi connectivity index (χ2v) is 3.43. The van der Waals surface area contributed by atoms with Crippen LogP contribution in [0.4, 0.5) is 13.2 Å². The fourth-order valence-electron chi connectivity index (χ4n) is 1.08. The minimum Gasteiger partial charge on any atom is -0.381 e. The Hall–Kier alpha value is -0.290. The van der Waals surface area contributed by atoms with Crippen LogP contribution in [0.15, 0.2) is 0 Å². The molecule has 2 nitrogen and oxygen atoms in total. The molecule has 0 amide bonds. The monoisotopic (exact) mass is 227 g/mol. The average Bonchev–Trinajstić information content (AvgIpc) is 2.14.